The van der Waals surface area contributed by atoms with Crippen LogP contribution in [-0.4, -0.2) is 21.7 Å². The number of carbonyl (C=O) groups is 1. The number of carbonyl (C=O) groups excluding carboxylic acids is 1. The van der Waals surface area contributed by atoms with Crippen molar-refractivity contribution in [1.82, 2.24) is 9.78 Å². The summed E-state index contributed by atoms with van der Waals surface area (Å²) in [6.07, 6.45) is 1.87. The summed E-state index contributed by atoms with van der Waals surface area (Å²) in [5, 5.41) is 4.19. The van der Waals surface area contributed by atoms with Crippen LogP contribution in [0.3, 0.4) is 0 Å². The Morgan fingerprint density at radius 3 is 2.37 bits per heavy atom. The molecule has 4 heteroatoms. The van der Waals surface area contributed by atoms with Gasteiger partial charge in [0, 0.05) is 18.8 Å². The summed E-state index contributed by atoms with van der Waals surface area (Å²) in [4.78, 5) is 12.3. The molecule has 0 amide bonds. The maximum absolute atomic E-state index is 12.3. The van der Waals surface area contributed by atoms with Crippen LogP contribution in [0.5, 0.6) is 5.75 Å². The smallest absolute Gasteiger partial charge is 0.196 e. The van der Waals surface area contributed by atoms with Crippen LogP contribution in [0.4, 0.5) is 0 Å². The lowest BCUT2D eigenvalue weighted by Gasteiger charge is -2.09. The largest absolute Gasteiger partial charge is 0.491 e. The van der Waals surface area contributed by atoms with Crippen molar-refractivity contribution in [2.24, 2.45) is 7.05 Å². The van der Waals surface area contributed by atoms with Crippen LogP contribution in [0.15, 0.2) is 30.5 Å². The fourth-order valence-corrected chi connectivity index (χ4v) is 1.94. The third-order valence-electron chi connectivity index (χ3n) is 2.75. The van der Waals surface area contributed by atoms with Gasteiger partial charge in [0.05, 0.1) is 17.4 Å². The monoisotopic (exact) mass is 258 g/mol. The molecule has 2 aromatic rings. The molecule has 0 atom stereocenters. The fourth-order valence-electron chi connectivity index (χ4n) is 1.94. The van der Waals surface area contributed by atoms with Gasteiger partial charge in [0.25, 0.3) is 0 Å². The maximum Gasteiger partial charge on any atom is 0.196 e. The van der Waals surface area contributed by atoms with E-state index in [0.717, 1.165) is 11.4 Å². The molecule has 0 spiro atoms. The highest BCUT2D eigenvalue weighted by Gasteiger charge is 2.14. The first-order chi connectivity index (χ1) is 8.97. The molecular weight excluding hydrogens is 240 g/mol. The predicted octanol–water partition coefficient (Wildman–Crippen LogP) is 2.75. The van der Waals surface area contributed by atoms with Crippen molar-refractivity contribution in [1.29, 1.82) is 0 Å². The summed E-state index contributed by atoms with van der Waals surface area (Å²) in [6.45, 7) is 5.78. The molecule has 2 rings (SSSR count). The van der Waals surface area contributed by atoms with Gasteiger partial charge in [-0.1, -0.05) is 0 Å². The van der Waals surface area contributed by atoms with E-state index >= 15 is 0 Å². The van der Waals surface area contributed by atoms with Gasteiger partial charge < -0.3 is 4.74 Å². The van der Waals surface area contributed by atoms with E-state index in [-0.39, 0.29) is 11.9 Å². The van der Waals surface area contributed by atoms with Gasteiger partial charge in [-0.05, 0) is 45.0 Å². The Hall–Kier alpha value is -2.10. The third kappa shape index (κ3) is 3.02. The molecule has 0 bridgehead atoms. The second kappa shape index (κ2) is 5.26. The molecule has 0 aliphatic heterocycles. The first-order valence-electron chi connectivity index (χ1n) is 6.29. The summed E-state index contributed by atoms with van der Waals surface area (Å²) in [5.74, 6) is 0.760. The van der Waals surface area contributed by atoms with Crippen LogP contribution in [0, 0.1) is 6.92 Å². The van der Waals surface area contributed by atoms with Gasteiger partial charge in [0.15, 0.2) is 5.78 Å². The van der Waals surface area contributed by atoms with E-state index in [1.165, 1.54) is 0 Å². The van der Waals surface area contributed by atoms with Gasteiger partial charge >= 0.3 is 0 Å². The van der Waals surface area contributed by atoms with Gasteiger partial charge in [-0.15, -0.1) is 0 Å². The first-order valence-corrected chi connectivity index (χ1v) is 6.29. The Bertz CT molecular complexity index is 583. The second-order valence-corrected chi connectivity index (χ2v) is 4.82. The van der Waals surface area contributed by atoms with Crippen molar-refractivity contribution in [3.05, 3.63) is 47.3 Å². The topological polar surface area (TPSA) is 44.1 Å². The van der Waals surface area contributed by atoms with Crippen molar-refractivity contribution in [3.63, 3.8) is 0 Å². The fraction of sp³-hybridized carbons (Fsp3) is 0.333. The summed E-state index contributed by atoms with van der Waals surface area (Å²) < 4.78 is 7.21. The maximum atomic E-state index is 12.3. The molecule has 0 saturated carbocycles. The molecule has 1 aromatic heterocycles. The second-order valence-electron chi connectivity index (χ2n) is 4.82. The van der Waals surface area contributed by atoms with E-state index in [2.05, 4.69) is 5.10 Å². The number of aromatic nitrogens is 2. The molecular formula is C15H18N2O2. The van der Waals surface area contributed by atoms with Crippen molar-refractivity contribution in [2.75, 3.05) is 0 Å². The molecule has 0 aliphatic carbocycles. The van der Waals surface area contributed by atoms with Gasteiger partial charge in [-0.3, -0.25) is 9.48 Å². The van der Waals surface area contributed by atoms with Gasteiger partial charge in [-0.25, -0.2) is 0 Å². The minimum absolute atomic E-state index is 0.0123. The molecule has 100 valence electrons. The SMILES string of the molecule is Cc1nn(C)cc1C(=O)c1ccc(OC(C)C)cc1. The van der Waals surface area contributed by atoms with Crippen LogP contribution in [-0.2, 0) is 7.05 Å². The number of nitrogens with zero attached hydrogens (tertiary/aromatic N) is 2. The normalized spacial score (nSPS) is 10.8. The highest BCUT2D eigenvalue weighted by Crippen LogP contribution is 2.17. The standard InChI is InChI=1S/C15H18N2O2/c1-10(2)19-13-7-5-12(6-8-13)15(18)14-9-17(4)16-11(14)3/h5-10H,1-4H3. The van der Waals surface area contributed by atoms with Crippen LogP contribution < -0.4 is 4.74 Å². The highest BCUT2D eigenvalue weighted by molar-refractivity contribution is 6.09. The highest BCUT2D eigenvalue weighted by atomic mass is 16.5. The number of hydrogen-bond acceptors (Lipinski definition) is 3. The summed E-state index contributed by atoms with van der Waals surface area (Å²) in [5.41, 5.74) is 2.03. The van der Waals surface area contributed by atoms with Gasteiger partial charge in [0.2, 0.25) is 0 Å². The number of rotatable bonds is 4. The van der Waals surface area contributed by atoms with E-state index in [1.807, 2.05) is 40.0 Å². The lowest BCUT2D eigenvalue weighted by molar-refractivity contribution is 0.103. The zero-order valence-electron chi connectivity index (χ0n) is 11.7. The Morgan fingerprint density at radius 1 is 1.26 bits per heavy atom. The number of ether oxygens (including phenoxy) is 1. The Labute approximate surface area is 113 Å². The van der Waals surface area contributed by atoms with E-state index in [4.69, 9.17) is 4.74 Å². The minimum atomic E-state index is -0.0123. The van der Waals surface area contributed by atoms with Crippen molar-refractivity contribution in [2.45, 2.75) is 26.9 Å². The Balaban J connectivity index is 2.22. The van der Waals surface area contributed by atoms with E-state index in [9.17, 15) is 4.79 Å². The molecule has 0 N–H and O–H groups in total. The quantitative estimate of drug-likeness (QED) is 0.792. The van der Waals surface area contributed by atoms with E-state index < -0.39 is 0 Å². The van der Waals surface area contributed by atoms with Crippen molar-refractivity contribution in [3.8, 4) is 5.75 Å². The molecule has 1 heterocycles. The van der Waals surface area contributed by atoms with Crippen LogP contribution in [0.2, 0.25) is 0 Å². The number of benzene rings is 1. The number of ketones is 1. The van der Waals surface area contributed by atoms with E-state index in [0.29, 0.717) is 11.1 Å². The molecule has 0 fully saturated rings. The average Bonchev–Trinajstić information content (AvgIpc) is 2.68. The number of hydrogen-bond donors (Lipinski definition) is 0. The third-order valence-corrected chi connectivity index (χ3v) is 2.75. The summed E-state index contributed by atoms with van der Waals surface area (Å²) in [7, 11) is 1.81. The molecule has 0 saturated heterocycles. The van der Waals surface area contributed by atoms with Crippen molar-refractivity contribution < 1.29 is 9.53 Å². The zero-order chi connectivity index (χ0) is 14.0. The van der Waals surface area contributed by atoms with Crippen LogP contribution >= 0.6 is 0 Å². The summed E-state index contributed by atoms with van der Waals surface area (Å²) >= 11 is 0. The lowest BCUT2D eigenvalue weighted by Crippen LogP contribution is -2.06. The molecule has 0 aliphatic rings. The minimum Gasteiger partial charge on any atom is -0.491 e. The lowest BCUT2D eigenvalue weighted by atomic mass is 10.0. The molecule has 1 aromatic carbocycles. The molecule has 19 heavy (non-hydrogen) atoms. The van der Waals surface area contributed by atoms with Crippen LogP contribution in [0.25, 0.3) is 0 Å². The number of aryl methyl sites for hydroxylation is 2. The van der Waals surface area contributed by atoms with Gasteiger partial charge in [-0.2, -0.15) is 5.10 Å². The first kappa shape index (κ1) is 13.3. The predicted molar refractivity (Wildman–Crippen MR) is 73.6 cm³/mol. The molecule has 4 nitrogen and oxygen atoms in total. The van der Waals surface area contributed by atoms with Gasteiger partial charge in [0.1, 0.15) is 5.75 Å². The Kier molecular flexibility index (Phi) is 3.69. The Morgan fingerprint density at radius 2 is 1.89 bits per heavy atom. The summed E-state index contributed by atoms with van der Waals surface area (Å²) in [6, 6.07) is 7.21. The molecule has 0 unspecified atom stereocenters. The average molecular weight is 258 g/mol. The van der Waals surface area contributed by atoms with E-state index in [1.54, 1.807) is 23.0 Å². The zero-order valence-corrected chi connectivity index (χ0v) is 11.7. The molecule has 0 radical (unpaired) electrons. The van der Waals surface area contributed by atoms with Crippen molar-refractivity contribution >= 4 is 5.78 Å². The van der Waals surface area contributed by atoms with Crippen LogP contribution in [0.1, 0.15) is 35.5 Å².